The molecule has 1 aromatic carbocycles. The van der Waals surface area contributed by atoms with Gasteiger partial charge in [-0.25, -0.2) is 0 Å². The Morgan fingerprint density at radius 2 is 1.86 bits per heavy atom. The SMILES string of the molecule is Cc1ccc(CSCc2nc(C3(N)CCCC3)no2)cc1.Cl. The molecule has 2 aromatic rings. The lowest BCUT2D eigenvalue weighted by molar-refractivity contribution is 0.355. The Bertz CT molecular complexity index is 594. The molecule has 0 amide bonds. The second-order valence-corrected chi connectivity index (χ2v) is 6.84. The smallest absolute Gasteiger partial charge is 0.236 e. The first-order valence-electron chi connectivity index (χ1n) is 7.41. The summed E-state index contributed by atoms with van der Waals surface area (Å²) < 4.78 is 5.34. The molecule has 1 saturated carbocycles. The summed E-state index contributed by atoms with van der Waals surface area (Å²) in [5.74, 6) is 3.05. The summed E-state index contributed by atoms with van der Waals surface area (Å²) in [6.45, 7) is 2.10. The topological polar surface area (TPSA) is 64.9 Å². The van der Waals surface area contributed by atoms with E-state index in [0.717, 1.165) is 37.2 Å². The minimum absolute atomic E-state index is 0. The number of aromatic nitrogens is 2. The lowest BCUT2D eigenvalue weighted by Crippen LogP contribution is -2.34. The Kier molecular flexibility index (Phi) is 5.89. The summed E-state index contributed by atoms with van der Waals surface area (Å²) in [6, 6.07) is 8.60. The van der Waals surface area contributed by atoms with Crippen molar-refractivity contribution in [3.63, 3.8) is 0 Å². The molecule has 0 atom stereocenters. The van der Waals surface area contributed by atoms with Gasteiger partial charge < -0.3 is 10.3 Å². The fourth-order valence-corrected chi connectivity index (χ4v) is 3.51. The average molecular weight is 340 g/mol. The van der Waals surface area contributed by atoms with Crippen LogP contribution in [0.3, 0.4) is 0 Å². The molecule has 0 radical (unpaired) electrons. The zero-order chi connectivity index (χ0) is 14.7. The zero-order valence-electron chi connectivity index (χ0n) is 12.7. The highest BCUT2D eigenvalue weighted by molar-refractivity contribution is 7.97. The zero-order valence-corrected chi connectivity index (χ0v) is 14.4. The van der Waals surface area contributed by atoms with Gasteiger partial charge in [0.05, 0.1) is 11.3 Å². The first-order valence-corrected chi connectivity index (χ1v) is 8.56. The molecular formula is C16H22ClN3OS. The van der Waals surface area contributed by atoms with E-state index < -0.39 is 0 Å². The van der Waals surface area contributed by atoms with Crippen LogP contribution in [0.2, 0.25) is 0 Å². The molecule has 0 unspecified atom stereocenters. The average Bonchev–Trinajstić information content (AvgIpc) is 3.11. The van der Waals surface area contributed by atoms with E-state index in [1.54, 1.807) is 11.8 Å². The lowest BCUT2D eigenvalue weighted by atomic mass is 9.99. The first kappa shape index (κ1) is 17.3. The number of benzene rings is 1. The molecule has 0 aliphatic heterocycles. The number of hydrogen-bond acceptors (Lipinski definition) is 5. The van der Waals surface area contributed by atoms with Crippen LogP contribution in [0.1, 0.15) is 48.5 Å². The van der Waals surface area contributed by atoms with E-state index in [2.05, 4.69) is 41.3 Å². The normalized spacial score (nSPS) is 16.5. The summed E-state index contributed by atoms with van der Waals surface area (Å²) >= 11 is 1.78. The monoisotopic (exact) mass is 339 g/mol. The highest BCUT2D eigenvalue weighted by atomic mass is 35.5. The third kappa shape index (κ3) is 4.03. The van der Waals surface area contributed by atoms with Crippen LogP contribution in [-0.2, 0) is 17.0 Å². The number of thioether (sulfide) groups is 1. The second kappa shape index (κ2) is 7.49. The largest absolute Gasteiger partial charge is 0.338 e. The van der Waals surface area contributed by atoms with E-state index in [9.17, 15) is 0 Å². The van der Waals surface area contributed by atoms with E-state index >= 15 is 0 Å². The van der Waals surface area contributed by atoms with E-state index in [1.165, 1.54) is 11.1 Å². The third-order valence-corrected chi connectivity index (χ3v) is 5.01. The van der Waals surface area contributed by atoms with E-state index in [4.69, 9.17) is 10.3 Å². The van der Waals surface area contributed by atoms with Gasteiger partial charge in [0.2, 0.25) is 5.89 Å². The molecule has 3 rings (SSSR count). The van der Waals surface area contributed by atoms with Crippen LogP contribution >= 0.6 is 24.2 Å². The van der Waals surface area contributed by atoms with Crippen LogP contribution in [0, 0.1) is 6.92 Å². The quantitative estimate of drug-likeness (QED) is 0.893. The minimum atomic E-state index is -0.358. The maximum atomic E-state index is 6.34. The summed E-state index contributed by atoms with van der Waals surface area (Å²) in [5.41, 5.74) is 8.58. The Morgan fingerprint density at radius 1 is 1.18 bits per heavy atom. The van der Waals surface area contributed by atoms with Crippen LogP contribution in [0.4, 0.5) is 0 Å². The number of nitrogens with two attached hydrogens (primary N) is 1. The second-order valence-electron chi connectivity index (χ2n) is 5.85. The molecule has 120 valence electrons. The van der Waals surface area contributed by atoms with Crippen molar-refractivity contribution in [2.75, 3.05) is 0 Å². The third-order valence-electron chi connectivity index (χ3n) is 4.02. The van der Waals surface area contributed by atoms with E-state index in [0.29, 0.717) is 11.7 Å². The number of hydrogen-bond donors (Lipinski definition) is 1. The Balaban J connectivity index is 0.00000176. The summed E-state index contributed by atoms with van der Waals surface area (Å²) in [6.07, 6.45) is 4.23. The van der Waals surface area contributed by atoms with Crippen molar-refractivity contribution in [3.05, 3.63) is 47.1 Å². The predicted octanol–water partition coefficient (Wildman–Crippen LogP) is 3.96. The molecular weight excluding hydrogens is 318 g/mol. The Morgan fingerprint density at radius 3 is 2.55 bits per heavy atom. The van der Waals surface area contributed by atoms with Crippen molar-refractivity contribution in [3.8, 4) is 0 Å². The number of aryl methyl sites for hydroxylation is 1. The van der Waals surface area contributed by atoms with Crippen molar-refractivity contribution in [2.45, 2.75) is 49.7 Å². The lowest BCUT2D eigenvalue weighted by Gasteiger charge is -2.17. The molecule has 2 N–H and O–H groups in total. The van der Waals surface area contributed by atoms with Gasteiger partial charge in [0.25, 0.3) is 0 Å². The summed E-state index contributed by atoms with van der Waals surface area (Å²) in [4.78, 5) is 4.49. The van der Waals surface area contributed by atoms with Gasteiger partial charge in [-0.15, -0.1) is 24.2 Å². The fraction of sp³-hybridized carbons (Fsp3) is 0.500. The fourth-order valence-electron chi connectivity index (χ4n) is 2.69. The maximum Gasteiger partial charge on any atom is 0.236 e. The molecule has 1 fully saturated rings. The molecule has 1 aliphatic rings. The minimum Gasteiger partial charge on any atom is -0.338 e. The van der Waals surface area contributed by atoms with Crippen LogP contribution in [0.15, 0.2) is 28.8 Å². The van der Waals surface area contributed by atoms with Gasteiger partial charge in [-0.05, 0) is 25.3 Å². The highest BCUT2D eigenvalue weighted by Gasteiger charge is 2.35. The molecule has 1 aromatic heterocycles. The Hall–Kier alpha value is -1.04. The van der Waals surface area contributed by atoms with Crippen LogP contribution in [0.5, 0.6) is 0 Å². The van der Waals surface area contributed by atoms with Gasteiger partial charge in [-0.1, -0.05) is 47.8 Å². The van der Waals surface area contributed by atoms with Crippen LogP contribution in [-0.4, -0.2) is 10.1 Å². The van der Waals surface area contributed by atoms with Gasteiger partial charge in [0.15, 0.2) is 5.82 Å². The number of halogens is 1. The van der Waals surface area contributed by atoms with E-state index in [-0.39, 0.29) is 17.9 Å². The first-order chi connectivity index (χ1) is 10.2. The molecule has 4 nitrogen and oxygen atoms in total. The van der Waals surface area contributed by atoms with Gasteiger partial charge in [-0.2, -0.15) is 4.98 Å². The Labute approximate surface area is 141 Å². The maximum absolute atomic E-state index is 6.34. The van der Waals surface area contributed by atoms with Gasteiger partial charge in [-0.3, -0.25) is 0 Å². The molecule has 0 bridgehead atoms. The summed E-state index contributed by atoms with van der Waals surface area (Å²) in [7, 11) is 0. The molecule has 1 heterocycles. The van der Waals surface area contributed by atoms with Crippen molar-refractivity contribution in [1.29, 1.82) is 0 Å². The number of nitrogens with zero attached hydrogens (tertiary/aromatic N) is 2. The molecule has 0 spiro atoms. The molecule has 0 saturated heterocycles. The van der Waals surface area contributed by atoms with Gasteiger partial charge >= 0.3 is 0 Å². The van der Waals surface area contributed by atoms with Crippen molar-refractivity contribution >= 4 is 24.2 Å². The van der Waals surface area contributed by atoms with Gasteiger partial charge in [0.1, 0.15) is 0 Å². The molecule has 22 heavy (non-hydrogen) atoms. The van der Waals surface area contributed by atoms with Gasteiger partial charge in [0, 0.05) is 5.75 Å². The highest BCUT2D eigenvalue weighted by Crippen LogP contribution is 2.34. The van der Waals surface area contributed by atoms with Crippen molar-refractivity contribution < 1.29 is 4.52 Å². The predicted molar refractivity (Wildman–Crippen MR) is 92.1 cm³/mol. The summed E-state index contributed by atoms with van der Waals surface area (Å²) in [5, 5.41) is 4.08. The standard InChI is InChI=1S/C16H21N3OS.ClH/c1-12-4-6-13(7-5-12)10-21-11-14-18-15(19-20-14)16(17)8-2-3-9-16;/h4-7H,2-3,8-11,17H2,1H3;1H. The van der Waals surface area contributed by atoms with Crippen molar-refractivity contribution in [2.24, 2.45) is 5.73 Å². The number of rotatable bonds is 5. The molecule has 6 heteroatoms. The van der Waals surface area contributed by atoms with Crippen LogP contribution < -0.4 is 5.73 Å². The van der Waals surface area contributed by atoms with Crippen molar-refractivity contribution in [1.82, 2.24) is 10.1 Å². The van der Waals surface area contributed by atoms with Crippen LogP contribution in [0.25, 0.3) is 0 Å². The van der Waals surface area contributed by atoms with E-state index in [1.807, 2.05) is 0 Å². The molecule has 1 aliphatic carbocycles.